The fourth-order valence-electron chi connectivity index (χ4n) is 2.47. The third-order valence-electron chi connectivity index (χ3n) is 4.10. The Kier molecular flexibility index (Phi) is 6.12. The Morgan fingerprint density at radius 2 is 2.19 bits per heavy atom. The highest BCUT2D eigenvalue weighted by Crippen LogP contribution is 2.27. The fourth-order valence-corrected chi connectivity index (χ4v) is 3.73. The summed E-state index contributed by atoms with van der Waals surface area (Å²) in [4.78, 5) is 16.0. The zero-order valence-corrected chi connectivity index (χ0v) is 17.2. The van der Waals surface area contributed by atoms with Gasteiger partial charge in [-0.3, -0.25) is 4.79 Å². The van der Waals surface area contributed by atoms with Gasteiger partial charge in [-0.1, -0.05) is 23.9 Å². The molecule has 3 rings (SSSR count). The van der Waals surface area contributed by atoms with Crippen LogP contribution in [0.2, 0.25) is 0 Å². The summed E-state index contributed by atoms with van der Waals surface area (Å²) in [6.07, 6.45) is 1.39. The lowest BCUT2D eigenvalue weighted by atomic mass is 10.1. The highest BCUT2D eigenvalue weighted by Gasteiger charge is 2.19. The molecular formula is C18H21N5O2S2. The maximum absolute atomic E-state index is 12.0. The van der Waals surface area contributed by atoms with Crippen molar-refractivity contribution in [2.24, 2.45) is 7.05 Å². The van der Waals surface area contributed by atoms with Crippen LogP contribution in [0, 0.1) is 13.8 Å². The second-order valence-electron chi connectivity index (χ2n) is 6.03. The Balaban J connectivity index is 1.62. The number of ether oxygens (including phenoxy) is 1. The van der Waals surface area contributed by atoms with Gasteiger partial charge >= 0.3 is 0 Å². The number of nitrogens with zero attached hydrogens (tertiary/aromatic N) is 4. The standard InChI is InChI=1S/C18H21N5O2S2/c1-11-6-5-7-14(12(11)2)25-13(3)16-21-22-18(23(16)4)27-10-15(24)20-17-19-8-9-26-17/h5-9,13H,10H2,1-4H3,(H,19,20,24). The number of hydrogen-bond donors (Lipinski definition) is 1. The van der Waals surface area contributed by atoms with E-state index in [1.54, 1.807) is 6.20 Å². The molecule has 2 heterocycles. The molecule has 3 aromatic rings. The molecule has 142 valence electrons. The lowest BCUT2D eigenvalue weighted by molar-refractivity contribution is -0.113. The highest BCUT2D eigenvalue weighted by atomic mass is 32.2. The number of amides is 1. The molecule has 1 amide bonds. The summed E-state index contributed by atoms with van der Waals surface area (Å²) >= 11 is 2.71. The number of aromatic nitrogens is 4. The number of thiazole rings is 1. The Morgan fingerprint density at radius 3 is 2.93 bits per heavy atom. The zero-order valence-electron chi connectivity index (χ0n) is 15.6. The molecule has 0 aliphatic heterocycles. The Labute approximate surface area is 166 Å². The van der Waals surface area contributed by atoms with E-state index in [2.05, 4.69) is 33.5 Å². The van der Waals surface area contributed by atoms with E-state index in [-0.39, 0.29) is 17.8 Å². The number of anilines is 1. The van der Waals surface area contributed by atoms with E-state index < -0.39 is 0 Å². The maximum Gasteiger partial charge on any atom is 0.236 e. The van der Waals surface area contributed by atoms with Crippen LogP contribution >= 0.6 is 23.1 Å². The number of rotatable bonds is 7. The van der Waals surface area contributed by atoms with Crippen LogP contribution in [-0.2, 0) is 11.8 Å². The smallest absolute Gasteiger partial charge is 0.236 e. The van der Waals surface area contributed by atoms with Crippen LogP contribution in [0.25, 0.3) is 0 Å². The summed E-state index contributed by atoms with van der Waals surface area (Å²) in [5.74, 6) is 1.65. The van der Waals surface area contributed by atoms with Crippen LogP contribution in [0.4, 0.5) is 5.13 Å². The molecular weight excluding hydrogens is 382 g/mol. The molecule has 1 unspecified atom stereocenters. The van der Waals surface area contributed by atoms with Gasteiger partial charge in [-0.25, -0.2) is 4.98 Å². The second kappa shape index (κ2) is 8.53. The molecule has 7 nitrogen and oxygen atoms in total. The molecule has 0 fully saturated rings. The summed E-state index contributed by atoms with van der Waals surface area (Å²) in [5, 5.41) is 14.3. The highest BCUT2D eigenvalue weighted by molar-refractivity contribution is 7.99. The van der Waals surface area contributed by atoms with Gasteiger partial charge in [0.15, 0.2) is 22.2 Å². The minimum Gasteiger partial charge on any atom is -0.482 e. The van der Waals surface area contributed by atoms with Gasteiger partial charge in [-0.15, -0.1) is 21.5 Å². The number of aryl methyl sites for hydroxylation is 1. The number of nitrogens with one attached hydrogen (secondary N) is 1. The van der Waals surface area contributed by atoms with Crippen LogP contribution in [0.3, 0.4) is 0 Å². The number of hydrogen-bond acceptors (Lipinski definition) is 7. The number of thioether (sulfide) groups is 1. The average molecular weight is 404 g/mol. The fraction of sp³-hybridized carbons (Fsp3) is 0.333. The quantitative estimate of drug-likeness (QED) is 0.605. The predicted octanol–water partition coefficient (Wildman–Crippen LogP) is 3.76. The van der Waals surface area contributed by atoms with Gasteiger partial charge in [0, 0.05) is 18.6 Å². The number of carbonyl (C=O) groups is 1. The molecule has 9 heteroatoms. The van der Waals surface area contributed by atoms with E-state index in [0.717, 1.165) is 11.3 Å². The molecule has 1 atom stereocenters. The van der Waals surface area contributed by atoms with Crippen molar-refractivity contribution in [3.05, 3.63) is 46.7 Å². The molecule has 0 radical (unpaired) electrons. The van der Waals surface area contributed by atoms with Crippen LogP contribution < -0.4 is 10.1 Å². The number of benzene rings is 1. The normalized spacial score (nSPS) is 12.0. The molecule has 2 aromatic heterocycles. The first kappa shape index (κ1) is 19.4. The summed E-state index contributed by atoms with van der Waals surface area (Å²) in [6, 6.07) is 5.98. The van der Waals surface area contributed by atoms with E-state index in [4.69, 9.17) is 4.74 Å². The van der Waals surface area contributed by atoms with Crippen LogP contribution in [0.1, 0.15) is 30.0 Å². The van der Waals surface area contributed by atoms with Gasteiger partial charge in [0.2, 0.25) is 5.91 Å². The SMILES string of the molecule is Cc1cccc(OC(C)c2nnc(SCC(=O)Nc3nccs3)n2C)c1C. The van der Waals surface area contributed by atoms with Gasteiger partial charge in [-0.05, 0) is 38.0 Å². The van der Waals surface area contributed by atoms with Crippen molar-refractivity contribution < 1.29 is 9.53 Å². The van der Waals surface area contributed by atoms with Gasteiger partial charge < -0.3 is 14.6 Å². The number of carbonyl (C=O) groups excluding carboxylic acids is 1. The minimum atomic E-state index is -0.263. The minimum absolute atomic E-state index is 0.126. The topological polar surface area (TPSA) is 81.9 Å². The summed E-state index contributed by atoms with van der Waals surface area (Å²) in [7, 11) is 1.87. The largest absolute Gasteiger partial charge is 0.482 e. The van der Waals surface area contributed by atoms with Crippen LogP contribution in [0.15, 0.2) is 34.9 Å². The molecule has 0 aliphatic rings. The molecule has 0 saturated heterocycles. The van der Waals surface area contributed by atoms with Crippen molar-refractivity contribution >= 4 is 34.1 Å². The van der Waals surface area contributed by atoms with Crippen molar-refractivity contribution in [1.29, 1.82) is 0 Å². The molecule has 0 aliphatic carbocycles. The lowest BCUT2D eigenvalue weighted by Crippen LogP contribution is -2.14. The van der Waals surface area contributed by atoms with E-state index in [9.17, 15) is 4.79 Å². The Bertz CT molecular complexity index is 924. The summed E-state index contributed by atoms with van der Waals surface area (Å²) in [5.41, 5.74) is 2.29. The predicted molar refractivity (Wildman–Crippen MR) is 107 cm³/mol. The first-order valence-electron chi connectivity index (χ1n) is 8.40. The second-order valence-corrected chi connectivity index (χ2v) is 7.87. The lowest BCUT2D eigenvalue weighted by Gasteiger charge is -2.16. The maximum atomic E-state index is 12.0. The van der Waals surface area contributed by atoms with Crippen molar-refractivity contribution in [2.75, 3.05) is 11.1 Å². The molecule has 0 spiro atoms. The van der Waals surface area contributed by atoms with Crippen molar-refractivity contribution in [1.82, 2.24) is 19.7 Å². The van der Waals surface area contributed by atoms with Crippen molar-refractivity contribution in [3.63, 3.8) is 0 Å². The molecule has 27 heavy (non-hydrogen) atoms. The van der Waals surface area contributed by atoms with E-state index in [1.807, 2.05) is 43.0 Å². The molecule has 1 N–H and O–H groups in total. The van der Waals surface area contributed by atoms with Crippen LogP contribution in [-0.4, -0.2) is 31.4 Å². The average Bonchev–Trinajstić information content (AvgIpc) is 3.27. The Morgan fingerprint density at radius 1 is 1.37 bits per heavy atom. The summed E-state index contributed by atoms with van der Waals surface area (Å²) < 4.78 is 7.94. The van der Waals surface area contributed by atoms with Crippen LogP contribution in [0.5, 0.6) is 5.75 Å². The first-order chi connectivity index (χ1) is 13.0. The zero-order chi connectivity index (χ0) is 19.4. The summed E-state index contributed by atoms with van der Waals surface area (Å²) in [6.45, 7) is 6.03. The molecule has 0 bridgehead atoms. The van der Waals surface area contributed by atoms with Gasteiger partial charge in [0.1, 0.15) is 5.75 Å². The van der Waals surface area contributed by atoms with Gasteiger partial charge in [-0.2, -0.15) is 0 Å². The van der Waals surface area contributed by atoms with E-state index in [0.29, 0.717) is 16.1 Å². The van der Waals surface area contributed by atoms with E-state index >= 15 is 0 Å². The Hall–Kier alpha value is -2.39. The van der Waals surface area contributed by atoms with E-state index in [1.165, 1.54) is 28.7 Å². The molecule has 0 saturated carbocycles. The monoisotopic (exact) mass is 403 g/mol. The first-order valence-corrected chi connectivity index (χ1v) is 10.3. The van der Waals surface area contributed by atoms with Gasteiger partial charge in [0.05, 0.1) is 5.75 Å². The van der Waals surface area contributed by atoms with Crippen molar-refractivity contribution in [2.45, 2.75) is 32.0 Å². The third-order valence-corrected chi connectivity index (χ3v) is 5.81. The van der Waals surface area contributed by atoms with Crippen molar-refractivity contribution in [3.8, 4) is 5.75 Å². The third kappa shape index (κ3) is 4.67. The molecule has 1 aromatic carbocycles. The van der Waals surface area contributed by atoms with Gasteiger partial charge in [0.25, 0.3) is 0 Å².